The first kappa shape index (κ1) is 16.2. The molecule has 0 bridgehead atoms. The largest absolute Gasteiger partial charge is 0.271 e. The second-order valence-corrected chi connectivity index (χ2v) is 8.35. The topological polar surface area (TPSA) is 38.0 Å². The SMILES string of the molecule is CC(C)c1ccc(CC(NN)c2cc(Br)c(Br)s2)cc1. The van der Waals surface area contributed by atoms with Crippen molar-refractivity contribution >= 4 is 43.2 Å². The Morgan fingerprint density at radius 1 is 1.20 bits per heavy atom. The lowest BCUT2D eigenvalue weighted by Gasteiger charge is -2.15. The summed E-state index contributed by atoms with van der Waals surface area (Å²) in [5, 5.41) is 0. The van der Waals surface area contributed by atoms with E-state index in [0.29, 0.717) is 5.92 Å². The molecule has 108 valence electrons. The van der Waals surface area contributed by atoms with Crippen LogP contribution in [0.25, 0.3) is 0 Å². The Kier molecular flexibility index (Phi) is 5.81. The first-order valence-corrected chi connectivity index (χ1v) is 8.91. The van der Waals surface area contributed by atoms with E-state index in [1.807, 2.05) is 0 Å². The Morgan fingerprint density at radius 3 is 2.30 bits per heavy atom. The van der Waals surface area contributed by atoms with E-state index in [-0.39, 0.29) is 6.04 Å². The molecular formula is C15H18Br2N2S. The second kappa shape index (κ2) is 7.18. The van der Waals surface area contributed by atoms with Gasteiger partial charge < -0.3 is 0 Å². The molecular weight excluding hydrogens is 400 g/mol. The average molecular weight is 418 g/mol. The third-order valence-electron chi connectivity index (χ3n) is 3.30. The van der Waals surface area contributed by atoms with Gasteiger partial charge in [-0.2, -0.15) is 0 Å². The molecule has 3 N–H and O–H groups in total. The van der Waals surface area contributed by atoms with E-state index in [0.717, 1.165) is 14.7 Å². The zero-order valence-electron chi connectivity index (χ0n) is 11.5. The van der Waals surface area contributed by atoms with Gasteiger partial charge in [0.1, 0.15) is 0 Å². The standard InChI is InChI=1S/C15H18Br2N2S/c1-9(2)11-5-3-10(4-6-11)7-13(19-18)14-8-12(16)15(17)20-14/h3-6,8-9,13,19H,7,18H2,1-2H3. The van der Waals surface area contributed by atoms with Crippen molar-refractivity contribution in [3.63, 3.8) is 0 Å². The minimum Gasteiger partial charge on any atom is -0.271 e. The Labute approximate surface area is 141 Å². The number of nitrogens with one attached hydrogen (secondary N) is 1. The van der Waals surface area contributed by atoms with Gasteiger partial charge in [0.25, 0.3) is 0 Å². The highest BCUT2D eigenvalue weighted by Gasteiger charge is 2.15. The van der Waals surface area contributed by atoms with Crippen molar-refractivity contribution in [2.75, 3.05) is 0 Å². The van der Waals surface area contributed by atoms with E-state index in [9.17, 15) is 0 Å². The minimum absolute atomic E-state index is 0.132. The summed E-state index contributed by atoms with van der Waals surface area (Å²) in [7, 11) is 0. The molecule has 0 radical (unpaired) electrons. The predicted octanol–water partition coefficient (Wildman–Crippen LogP) is 5.14. The van der Waals surface area contributed by atoms with Gasteiger partial charge >= 0.3 is 0 Å². The maximum Gasteiger partial charge on any atom is 0.0843 e. The molecule has 1 unspecified atom stereocenters. The van der Waals surface area contributed by atoms with E-state index < -0.39 is 0 Å². The summed E-state index contributed by atoms with van der Waals surface area (Å²) in [5.74, 6) is 6.28. The normalized spacial score (nSPS) is 12.9. The van der Waals surface area contributed by atoms with E-state index in [4.69, 9.17) is 5.84 Å². The van der Waals surface area contributed by atoms with Crippen LogP contribution in [0.4, 0.5) is 0 Å². The molecule has 1 aromatic heterocycles. The molecule has 0 aliphatic heterocycles. The number of nitrogens with two attached hydrogens (primary N) is 1. The molecule has 0 fully saturated rings. The summed E-state index contributed by atoms with van der Waals surface area (Å²) in [6.07, 6.45) is 0.883. The summed E-state index contributed by atoms with van der Waals surface area (Å²) in [5.41, 5.74) is 5.57. The number of rotatable bonds is 5. The van der Waals surface area contributed by atoms with Gasteiger partial charge in [0.2, 0.25) is 0 Å². The van der Waals surface area contributed by atoms with Gasteiger partial charge in [0.15, 0.2) is 0 Å². The van der Waals surface area contributed by atoms with Crippen molar-refractivity contribution in [3.05, 3.63) is 54.6 Å². The van der Waals surface area contributed by atoms with Gasteiger partial charge in [0, 0.05) is 9.35 Å². The number of halogens is 2. The predicted molar refractivity (Wildman–Crippen MR) is 94.0 cm³/mol. The van der Waals surface area contributed by atoms with E-state index in [2.05, 4.69) is 81.5 Å². The van der Waals surface area contributed by atoms with Crippen LogP contribution in [0.3, 0.4) is 0 Å². The number of hydrogen-bond acceptors (Lipinski definition) is 3. The van der Waals surface area contributed by atoms with Gasteiger partial charge in [-0.25, -0.2) is 0 Å². The quantitative estimate of drug-likeness (QED) is 0.521. The van der Waals surface area contributed by atoms with Crippen molar-refractivity contribution in [3.8, 4) is 0 Å². The Balaban J connectivity index is 2.13. The minimum atomic E-state index is 0.132. The second-order valence-electron chi connectivity index (χ2n) is 5.09. The van der Waals surface area contributed by atoms with E-state index in [1.165, 1.54) is 16.0 Å². The number of hydrazine groups is 1. The fourth-order valence-electron chi connectivity index (χ4n) is 2.05. The lowest BCUT2D eigenvalue weighted by molar-refractivity contribution is 0.560. The maximum absolute atomic E-state index is 5.72. The third kappa shape index (κ3) is 3.92. The molecule has 0 spiro atoms. The average Bonchev–Trinajstić information content (AvgIpc) is 2.76. The van der Waals surface area contributed by atoms with Gasteiger partial charge in [-0.05, 0) is 61.4 Å². The van der Waals surface area contributed by atoms with Crippen molar-refractivity contribution in [1.82, 2.24) is 5.43 Å². The van der Waals surface area contributed by atoms with Crippen LogP contribution >= 0.6 is 43.2 Å². The smallest absolute Gasteiger partial charge is 0.0843 e. The molecule has 0 saturated heterocycles. The first-order chi connectivity index (χ1) is 9.51. The Hall–Kier alpha value is -0.200. The highest BCUT2D eigenvalue weighted by atomic mass is 79.9. The lowest BCUT2D eigenvalue weighted by Crippen LogP contribution is -2.28. The molecule has 5 heteroatoms. The molecule has 2 aromatic rings. The zero-order chi connectivity index (χ0) is 14.7. The lowest BCUT2D eigenvalue weighted by atomic mass is 9.99. The zero-order valence-corrected chi connectivity index (χ0v) is 15.5. The van der Waals surface area contributed by atoms with Gasteiger partial charge in [-0.3, -0.25) is 11.3 Å². The monoisotopic (exact) mass is 416 g/mol. The highest BCUT2D eigenvalue weighted by molar-refractivity contribution is 9.13. The van der Waals surface area contributed by atoms with Crippen LogP contribution in [0.2, 0.25) is 0 Å². The fraction of sp³-hybridized carbons (Fsp3) is 0.333. The molecule has 2 rings (SSSR count). The van der Waals surface area contributed by atoms with Crippen molar-refractivity contribution in [1.29, 1.82) is 0 Å². The van der Waals surface area contributed by atoms with Crippen LogP contribution in [0.15, 0.2) is 38.6 Å². The Morgan fingerprint density at radius 2 is 1.85 bits per heavy atom. The van der Waals surface area contributed by atoms with Crippen molar-refractivity contribution in [2.24, 2.45) is 5.84 Å². The summed E-state index contributed by atoms with van der Waals surface area (Å²) < 4.78 is 2.18. The van der Waals surface area contributed by atoms with E-state index >= 15 is 0 Å². The molecule has 20 heavy (non-hydrogen) atoms. The van der Waals surface area contributed by atoms with Gasteiger partial charge in [0.05, 0.1) is 9.83 Å². The van der Waals surface area contributed by atoms with Crippen LogP contribution in [0, 0.1) is 0 Å². The number of thiophene rings is 1. The summed E-state index contributed by atoms with van der Waals surface area (Å²) in [6.45, 7) is 4.42. The summed E-state index contributed by atoms with van der Waals surface area (Å²) in [4.78, 5) is 1.22. The van der Waals surface area contributed by atoms with Crippen LogP contribution in [-0.2, 0) is 6.42 Å². The van der Waals surface area contributed by atoms with Crippen molar-refractivity contribution < 1.29 is 0 Å². The Bertz CT molecular complexity index is 544. The maximum atomic E-state index is 5.72. The molecule has 2 nitrogen and oxygen atoms in total. The van der Waals surface area contributed by atoms with Gasteiger partial charge in [-0.1, -0.05) is 38.1 Å². The molecule has 0 aliphatic carbocycles. The van der Waals surface area contributed by atoms with E-state index in [1.54, 1.807) is 11.3 Å². The number of hydrogen-bond donors (Lipinski definition) is 2. The molecule has 0 saturated carbocycles. The first-order valence-electron chi connectivity index (χ1n) is 6.51. The molecule has 0 amide bonds. The molecule has 1 aromatic carbocycles. The van der Waals surface area contributed by atoms with Gasteiger partial charge in [-0.15, -0.1) is 11.3 Å². The highest BCUT2D eigenvalue weighted by Crippen LogP contribution is 2.36. The number of benzene rings is 1. The molecule has 1 heterocycles. The van der Waals surface area contributed by atoms with Crippen LogP contribution in [0.1, 0.15) is 41.8 Å². The van der Waals surface area contributed by atoms with Crippen LogP contribution < -0.4 is 11.3 Å². The van der Waals surface area contributed by atoms with Crippen LogP contribution in [-0.4, -0.2) is 0 Å². The molecule has 0 aliphatic rings. The third-order valence-corrected chi connectivity index (χ3v) is 6.66. The molecule has 1 atom stereocenters. The summed E-state index contributed by atoms with van der Waals surface area (Å²) >= 11 is 8.75. The van der Waals surface area contributed by atoms with Crippen LogP contribution in [0.5, 0.6) is 0 Å². The fourth-order valence-corrected chi connectivity index (χ4v) is 4.20. The van der Waals surface area contributed by atoms with Crippen molar-refractivity contribution in [2.45, 2.75) is 32.2 Å². The summed E-state index contributed by atoms with van der Waals surface area (Å²) in [6, 6.07) is 11.0.